The van der Waals surface area contributed by atoms with Crippen LogP contribution in [0.5, 0.6) is 0 Å². The van der Waals surface area contributed by atoms with Gasteiger partial charge in [-0.3, -0.25) is 6.58 Å². The van der Waals surface area contributed by atoms with Crippen molar-refractivity contribution >= 4 is 27.8 Å². The molecule has 24 heavy (non-hydrogen) atoms. The molecule has 0 amide bonds. The Morgan fingerprint density at radius 3 is 0.917 bits per heavy atom. The molecule has 0 aliphatic carbocycles. The number of benzene rings is 1. The molecule has 0 aliphatic heterocycles. The van der Waals surface area contributed by atoms with E-state index >= 15 is 0 Å². The van der Waals surface area contributed by atoms with Crippen molar-refractivity contribution in [3.63, 3.8) is 0 Å². The first kappa shape index (κ1) is 31.7. The Hall–Kier alpha value is -0.0488. The molecule has 1 aromatic rings. The second kappa shape index (κ2) is 15.2. The molecule has 0 aliphatic rings. The average molecular weight is 403 g/mol. The molecule has 1 rings (SSSR count). The Bertz CT molecular complexity index is 355. The van der Waals surface area contributed by atoms with Gasteiger partial charge in [0.15, 0.2) is 0 Å². The molecule has 0 saturated carbocycles. The minimum atomic E-state index is -6.00. The normalized spacial score (nSPS) is 10.3. The molecule has 16 heteroatoms. The summed E-state index contributed by atoms with van der Waals surface area (Å²) in [4.78, 5) is 0. The van der Waals surface area contributed by atoms with Crippen molar-refractivity contribution in [3.8, 4) is 0 Å². The number of halogens is 12. The van der Waals surface area contributed by atoms with Crippen molar-refractivity contribution in [1.82, 2.24) is 0 Å². The van der Waals surface area contributed by atoms with Crippen LogP contribution >= 0.6 is 0 Å². The van der Waals surface area contributed by atoms with E-state index in [0.717, 1.165) is 5.56 Å². The predicted molar refractivity (Wildman–Crippen MR) is 65.8 cm³/mol. The maximum absolute atomic E-state index is 9.75. The van der Waals surface area contributed by atoms with Crippen molar-refractivity contribution in [2.24, 2.45) is 0 Å². The van der Waals surface area contributed by atoms with E-state index in [0.29, 0.717) is 0 Å². The summed E-state index contributed by atoms with van der Waals surface area (Å²) < 4.78 is 117. The van der Waals surface area contributed by atoms with E-state index in [1.807, 2.05) is 30.3 Å². The van der Waals surface area contributed by atoms with Gasteiger partial charge >= 0.3 is 73.1 Å². The summed E-state index contributed by atoms with van der Waals surface area (Å²) in [6.45, 7) is 5.22. The topological polar surface area (TPSA) is 0 Å². The van der Waals surface area contributed by atoms with Gasteiger partial charge in [-0.25, -0.2) is 6.08 Å². The van der Waals surface area contributed by atoms with E-state index in [9.17, 15) is 51.8 Å². The van der Waals surface area contributed by atoms with Crippen molar-refractivity contribution in [2.45, 2.75) is 0 Å². The third-order valence-corrected chi connectivity index (χ3v) is 0.992. The molecule has 0 bridgehead atoms. The molecular formula is C8H7B3F12K-3. The molecule has 0 aromatic heterocycles. The molecule has 0 saturated heterocycles. The Morgan fingerprint density at radius 2 is 0.792 bits per heavy atom. The van der Waals surface area contributed by atoms with Gasteiger partial charge in [-0.15, -0.1) is 12.1 Å². The van der Waals surface area contributed by atoms with Gasteiger partial charge in [0.05, 0.1) is 0 Å². The minimum Gasteiger partial charge on any atom is -0.418 e. The first-order valence-corrected chi connectivity index (χ1v) is 5.15. The second-order valence-corrected chi connectivity index (χ2v) is 3.06. The molecule has 0 spiro atoms. The van der Waals surface area contributed by atoms with Crippen LogP contribution in [0, 0.1) is 6.58 Å². The largest absolute Gasteiger partial charge is 1.00 e. The van der Waals surface area contributed by atoms with Gasteiger partial charge in [-0.2, -0.15) is 5.56 Å². The third kappa shape index (κ3) is 97.3. The van der Waals surface area contributed by atoms with Crippen LogP contribution in [0.2, 0.25) is 0 Å². The van der Waals surface area contributed by atoms with E-state index in [1.54, 1.807) is 6.08 Å². The molecule has 0 radical (unpaired) electrons. The maximum Gasteiger partial charge on any atom is 1.00 e. The van der Waals surface area contributed by atoms with Crippen LogP contribution in [-0.4, -0.2) is 21.8 Å². The number of hydrogen-bond donors (Lipinski definition) is 0. The van der Waals surface area contributed by atoms with Crippen molar-refractivity contribution in [3.05, 3.63) is 42.5 Å². The molecule has 0 nitrogen and oxygen atoms in total. The molecule has 0 N–H and O–H groups in total. The molecule has 0 atom stereocenters. The van der Waals surface area contributed by atoms with Crippen molar-refractivity contribution in [1.29, 1.82) is 0 Å². The predicted octanol–water partition coefficient (Wildman–Crippen LogP) is 3.04. The Kier molecular flexibility index (Phi) is 20.1. The summed E-state index contributed by atoms with van der Waals surface area (Å²) in [5.41, 5.74) is 1.06. The molecule has 136 valence electrons. The zero-order valence-electron chi connectivity index (χ0n) is 11.8. The van der Waals surface area contributed by atoms with Crippen LogP contribution in [-0.2, 0) is 0 Å². The van der Waals surface area contributed by atoms with Crippen LogP contribution in [0.1, 0.15) is 5.56 Å². The van der Waals surface area contributed by atoms with Gasteiger partial charge in [0, 0.05) is 0 Å². The SMILES string of the molecule is F[B-](F)(F)F.F[B-](F)(F)F.F[B-](F)(F)F.[CH-]=Cc1ccccc1.[K+]. The fraction of sp³-hybridized carbons (Fsp3) is 0. The summed E-state index contributed by atoms with van der Waals surface area (Å²) in [6, 6.07) is 9.80. The standard InChI is InChI=1S/C8H7.3BF4.K/c1-2-8-6-4-3-5-7-8;3*2-1(3,4)5;/h1-7H;;;;/q4*-1;+1. The van der Waals surface area contributed by atoms with Gasteiger partial charge in [0.25, 0.3) is 0 Å². The van der Waals surface area contributed by atoms with Crippen LogP contribution in [0.15, 0.2) is 30.3 Å². The van der Waals surface area contributed by atoms with Gasteiger partial charge in [-0.05, 0) is 0 Å². The van der Waals surface area contributed by atoms with Crippen molar-refractivity contribution < 1.29 is 103 Å². The van der Waals surface area contributed by atoms with E-state index < -0.39 is 21.8 Å². The summed E-state index contributed by atoms with van der Waals surface area (Å²) in [7, 11) is -18.0. The van der Waals surface area contributed by atoms with Gasteiger partial charge < -0.3 is 51.8 Å². The van der Waals surface area contributed by atoms with Gasteiger partial charge in [-0.1, -0.05) is 18.2 Å². The Balaban J connectivity index is -0.000000113. The molecule has 0 heterocycles. The second-order valence-electron chi connectivity index (χ2n) is 3.06. The van der Waals surface area contributed by atoms with Gasteiger partial charge in [0.1, 0.15) is 0 Å². The van der Waals surface area contributed by atoms with E-state index in [-0.39, 0.29) is 51.4 Å². The van der Waals surface area contributed by atoms with Crippen LogP contribution < -0.4 is 51.4 Å². The third-order valence-electron chi connectivity index (χ3n) is 0.992. The zero-order valence-corrected chi connectivity index (χ0v) is 14.9. The summed E-state index contributed by atoms with van der Waals surface area (Å²) in [5, 5.41) is 0. The molecule has 1 aromatic carbocycles. The summed E-state index contributed by atoms with van der Waals surface area (Å²) in [6.07, 6.45) is 1.58. The van der Waals surface area contributed by atoms with E-state index in [4.69, 9.17) is 6.58 Å². The first-order valence-electron chi connectivity index (χ1n) is 5.15. The van der Waals surface area contributed by atoms with E-state index in [2.05, 4.69) is 0 Å². The maximum atomic E-state index is 9.75. The Morgan fingerprint density at radius 1 is 0.583 bits per heavy atom. The first-order chi connectivity index (χ1) is 9.93. The number of hydrogen-bond acceptors (Lipinski definition) is 0. The minimum absolute atomic E-state index is 0. The van der Waals surface area contributed by atoms with E-state index in [1.165, 1.54) is 0 Å². The smallest absolute Gasteiger partial charge is 0.418 e. The molecule has 0 fully saturated rings. The molecular weight excluding hydrogens is 396 g/mol. The van der Waals surface area contributed by atoms with Gasteiger partial charge in [0.2, 0.25) is 0 Å². The van der Waals surface area contributed by atoms with Crippen LogP contribution in [0.25, 0.3) is 6.08 Å². The Labute approximate surface area is 172 Å². The average Bonchev–Trinajstić information content (AvgIpc) is 2.23. The fourth-order valence-electron chi connectivity index (χ4n) is 0.564. The van der Waals surface area contributed by atoms with Crippen LogP contribution in [0.4, 0.5) is 51.8 Å². The summed E-state index contributed by atoms with van der Waals surface area (Å²) >= 11 is 0. The van der Waals surface area contributed by atoms with Crippen molar-refractivity contribution in [2.75, 3.05) is 0 Å². The zero-order chi connectivity index (χ0) is 19.3. The van der Waals surface area contributed by atoms with Crippen LogP contribution in [0.3, 0.4) is 0 Å². The molecule has 0 unspecified atom stereocenters. The fourth-order valence-corrected chi connectivity index (χ4v) is 0.564. The monoisotopic (exact) mass is 403 g/mol. The summed E-state index contributed by atoms with van der Waals surface area (Å²) in [5.74, 6) is 0. The number of rotatable bonds is 1. The quantitative estimate of drug-likeness (QED) is 0.385.